The molecule has 1 fully saturated rings. The van der Waals surface area contributed by atoms with Crippen molar-refractivity contribution in [2.24, 2.45) is 0 Å². The summed E-state index contributed by atoms with van der Waals surface area (Å²) in [6, 6.07) is 22.5. The molecule has 168 valence electrons. The molecule has 4 rings (SSSR count). The van der Waals surface area contributed by atoms with Gasteiger partial charge < -0.3 is 14.7 Å². The van der Waals surface area contributed by atoms with Crippen LogP contribution >= 0.6 is 0 Å². The molecular formula is C26H26N4O3. The van der Waals surface area contributed by atoms with Gasteiger partial charge in [0.15, 0.2) is 0 Å². The maximum absolute atomic E-state index is 12.7. The Morgan fingerprint density at radius 1 is 0.818 bits per heavy atom. The van der Waals surface area contributed by atoms with E-state index in [4.69, 9.17) is 0 Å². The van der Waals surface area contributed by atoms with Gasteiger partial charge in [-0.25, -0.2) is 0 Å². The monoisotopic (exact) mass is 442 g/mol. The zero-order valence-electron chi connectivity index (χ0n) is 18.6. The molecule has 0 atom stereocenters. The van der Waals surface area contributed by atoms with Crippen LogP contribution in [0.2, 0.25) is 0 Å². The first-order valence-corrected chi connectivity index (χ1v) is 10.9. The van der Waals surface area contributed by atoms with E-state index in [2.05, 4.69) is 4.98 Å². The molecule has 2 aromatic carbocycles. The van der Waals surface area contributed by atoms with Crippen molar-refractivity contribution < 1.29 is 14.4 Å². The Morgan fingerprint density at radius 3 is 2.09 bits per heavy atom. The number of amides is 3. The van der Waals surface area contributed by atoms with Gasteiger partial charge in [-0.05, 0) is 35.4 Å². The topological polar surface area (TPSA) is 73.8 Å². The highest BCUT2D eigenvalue weighted by atomic mass is 16.2. The summed E-state index contributed by atoms with van der Waals surface area (Å²) in [5.41, 5.74) is 3.27. The highest BCUT2D eigenvalue weighted by molar-refractivity contribution is 6.35. The number of hydrogen-bond donors (Lipinski definition) is 0. The average molecular weight is 443 g/mol. The van der Waals surface area contributed by atoms with Crippen LogP contribution < -0.4 is 0 Å². The van der Waals surface area contributed by atoms with Crippen molar-refractivity contribution in [3.05, 3.63) is 101 Å². The van der Waals surface area contributed by atoms with Crippen LogP contribution in [0.5, 0.6) is 0 Å². The minimum absolute atomic E-state index is 0.0696. The number of aromatic nitrogens is 1. The molecule has 1 aliphatic rings. The van der Waals surface area contributed by atoms with Crippen LogP contribution in [0.25, 0.3) is 0 Å². The first-order valence-electron chi connectivity index (χ1n) is 10.9. The SMILES string of the molecule is CN(Cc1ccccc1)C(=O)c1ccc(CN2CCN(Cc3ccccn3)C(=O)C2=O)cc1. The summed E-state index contributed by atoms with van der Waals surface area (Å²) in [5, 5.41) is 0. The largest absolute Gasteiger partial charge is 0.337 e. The maximum Gasteiger partial charge on any atom is 0.312 e. The Labute approximate surface area is 193 Å². The van der Waals surface area contributed by atoms with E-state index in [9.17, 15) is 14.4 Å². The van der Waals surface area contributed by atoms with Crippen LogP contribution in [0.1, 0.15) is 27.2 Å². The predicted molar refractivity (Wildman–Crippen MR) is 124 cm³/mol. The lowest BCUT2D eigenvalue weighted by Gasteiger charge is -2.33. The first kappa shape index (κ1) is 22.2. The number of pyridine rings is 1. The predicted octanol–water partition coefficient (Wildman–Crippen LogP) is 2.72. The normalized spacial score (nSPS) is 13.8. The second kappa shape index (κ2) is 10.1. The third-order valence-electron chi connectivity index (χ3n) is 5.66. The Balaban J connectivity index is 1.33. The molecule has 1 aromatic heterocycles. The van der Waals surface area contributed by atoms with E-state index in [1.54, 1.807) is 35.2 Å². The highest BCUT2D eigenvalue weighted by Crippen LogP contribution is 2.15. The van der Waals surface area contributed by atoms with E-state index < -0.39 is 11.8 Å². The molecule has 7 nitrogen and oxygen atoms in total. The van der Waals surface area contributed by atoms with Crippen LogP contribution in [0, 0.1) is 0 Å². The van der Waals surface area contributed by atoms with Crippen LogP contribution in [0.15, 0.2) is 79.0 Å². The zero-order valence-corrected chi connectivity index (χ0v) is 18.6. The van der Waals surface area contributed by atoms with E-state index in [0.717, 1.165) is 16.8 Å². The molecule has 0 spiro atoms. The highest BCUT2D eigenvalue weighted by Gasteiger charge is 2.32. The summed E-state index contributed by atoms with van der Waals surface area (Å²) in [7, 11) is 1.78. The standard InChI is InChI=1S/C26H26N4O3/c1-28(17-20-7-3-2-4-8-20)24(31)22-12-10-21(11-13-22)18-29-15-16-30(26(33)25(29)32)19-23-9-5-6-14-27-23/h2-14H,15-19H2,1H3. The minimum atomic E-state index is -0.514. The number of piperazine rings is 1. The van der Waals surface area contributed by atoms with Crippen molar-refractivity contribution in [2.45, 2.75) is 19.6 Å². The summed E-state index contributed by atoms with van der Waals surface area (Å²) in [6.07, 6.45) is 1.67. The molecule has 2 heterocycles. The lowest BCUT2D eigenvalue weighted by molar-refractivity contribution is -0.156. The van der Waals surface area contributed by atoms with E-state index in [0.29, 0.717) is 38.3 Å². The molecule has 33 heavy (non-hydrogen) atoms. The number of carbonyl (C=O) groups is 3. The van der Waals surface area contributed by atoms with E-state index >= 15 is 0 Å². The maximum atomic E-state index is 12.7. The number of benzene rings is 2. The summed E-state index contributed by atoms with van der Waals surface area (Å²) in [5.74, 6) is -1.10. The number of rotatable bonds is 7. The van der Waals surface area contributed by atoms with Crippen LogP contribution in [-0.4, -0.2) is 57.5 Å². The van der Waals surface area contributed by atoms with Crippen molar-refractivity contribution in [1.29, 1.82) is 0 Å². The molecule has 0 aliphatic carbocycles. The van der Waals surface area contributed by atoms with Gasteiger partial charge in [0.2, 0.25) is 0 Å². The van der Waals surface area contributed by atoms with Gasteiger partial charge in [-0.2, -0.15) is 0 Å². The summed E-state index contributed by atoms with van der Waals surface area (Å²) in [6.45, 7) is 2.10. The van der Waals surface area contributed by atoms with Gasteiger partial charge in [0.25, 0.3) is 5.91 Å². The van der Waals surface area contributed by atoms with E-state index in [-0.39, 0.29) is 5.91 Å². The Morgan fingerprint density at radius 2 is 1.45 bits per heavy atom. The van der Waals surface area contributed by atoms with Crippen molar-refractivity contribution >= 4 is 17.7 Å². The van der Waals surface area contributed by atoms with Gasteiger partial charge in [-0.15, -0.1) is 0 Å². The Hall–Kier alpha value is -4.00. The summed E-state index contributed by atoms with van der Waals surface area (Å²) in [4.78, 5) is 46.9. The fraction of sp³-hybridized carbons (Fsp3) is 0.231. The minimum Gasteiger partial charge on any atom is -0.337 e. The van der Waals surface area contributed by atoms with Crippen molar-refractivity contribution in [3.63, 3.8) is 0 Å². The van der Waals surface area contributed by atoms with E-state index in [1.807, 2.05) is 60.7 Å². The van der Waals surface area contributed by atoms with Gasteiger partial charge in [0, 0.05) is 45.0 Å². The lowest BCUT2D eigenvalue weighted by atomic mass is 10.1. The third kappa shape index (κ3) is 5.44. The lowest BCUT2D eigenvalue weighted by Crippen LogP contribution is -2.53. The van der Waals surface area contributed by atoms with Crippen LogP contribution in [0.3, 0.4) is 0 Å². The zero-order chi connectivity index (χ0) is 23.2. The summed E-state index contributed by atoms with van der Waals surface area (Å²) < 4.78 is 0. The Kier molecular flexibility index (Phi) is 6.78. The first-order chi connectivity index (χ1) is 16.0. The van der Waals surface area contributed by atoms with Crippen molar-refractivity contribution in [2.75, 3.05) is 20.1 Å². The second-order valence-electron chi connectivity index (χ2n) is 8.12. The second-order valence-corrected chi connectivity index (χ2v) is 8.12. The van der Waals surface area contributed by atoms with Crippen molar-refractivity contribution in [1.82, 2.24) is 19.7 Å². The molecule has 0 radical (unpaired) electrons. The number of nitrogens with zero attached hydrogens (tertiary/aromatic N) is 4. The smallest absolute Gasteiger partial charge is 0.312 e. The molecule has 0 unspecified atom stereocenters. The Bertz CT molecular complexity index is 1120. The molecule has 3 amide bonds. The van der Waals surface area contributed by atoms with Gasteiger partial charge >= 0.3 is 11.8 Å². The third-order valence-corrected chi connectivity index (χ3v) is 5.66. The molecule has 3 aromatic rings. The van der Waals surface area contributed by atoms with Gasteiger partial charge in [-0.3, -0.25) is 19.4 Å². The fourth-order valence-corrected chi connectivity index (χ4v) is 3.83. The molecule has 0 N–H and O–H groups in total. The molecule has 7 heteroatoms. The van der Waals surface area contributed by atoms with Crippen LogP contribution in [0.4, 0.5) is 0 Å². The van der Waals surface area contributed by atoms with Gasteiger partial charge in [0.1, 0.15) is 0 Å². The number of carbonyl (C=O) groups excluding carboxylic acids is 3. The molecular weight excluding hydrogens is 416 g/mol. The molecule has 1 aliphatic heterocycles. The van der Waals surface area contributed by atoms with Gasteiger partial charge in [-0.1, -0.05) is 48.5 Å². The molecule has 0 bridgehead atoms. The van der Waals surface area contributed by atoms with Gasteiger partial charge in [0.05, 0.1) is 12.2 Å². The number of hydrogen-bond acceptors (Lipinski definition) is 4. The fourth-order valence-electron chi connectivity index (χ4n) is 3.83. The quantitative estimate of drug-likeness (QED) is 0.528. The molecule has 0 saturated carbocycles. The van der Waals surface area contributed by atoms with Crippen molar-refractivity contribution in [3.8, 4) is 0 Å². The average Bonchev–Trinajstić information content (AvgIpc) is 2.85. The molecule has 1 saturated heterocycles. The van der Waals surface area contributed by atoms with Crippen LogP contribution in [-0.2, 0) is 29.2 Å². The summed E-state index contributed by atoms with van der Waals surface area (Å²) >= 11 is 0. The van der Waals surface area contributed by atoms with E-state index in [1.165, 1.54) is 4.90 Å².